The van der Waals surface area contributed by atoms with E-state index < -0.39 is 132 Å². The van der Waals surface area contributed by atoms with Crippen molar-refractivity contribution < 1.29 is 76.3 Å². The van der Waals surface area contributed by atoms with Crippen LogP contribution >= 0.6 is 23.2 Å². The predicted octanol–water partition coefficient (Wildman–Crippen LogP) is 10.0. The summed E-state index contributed by atoms with van der Waals surface area (Å²) in [5.74, 6) is -3.41. The largest absolute Gasteiger partial charge is 0.509 e. The van der Waals surface area contributed by atoms with Gasteiger partial charge in [0.2, 0.25) is 0 Å². The van der Waals surface area contributed by atoms with Gasteiger partial charge in [-0.15, -0.1) is 0 Å². The zero-order valence-electron chi connectivity index (χ0n) is 48.5. The van der Waals surface area contributed by atoms with Gasteiger partial charge in [-0.2, -0.15) is 0 Å². The quantitative estimate of drug-likeness (QED) is 0.0831. The summed E-state index contributed by atoms with van der Waals surface area (Å²) in [5, 5.41) is 24.9. The molecular weight excluding hydrogens is 1060 g/mol. The van der Waals surface area contributed by atoms with E-state index >= 15 is 0 Å². The molecule has 4 saturated carbocycles. The van der Waals surface area contributed by atoms with Gasteiger partial charge in [-0.1, -0.05) is 69.2 Å². The van der Waals surface area contributed by atoms with Crippen molar-refractivity contribution >= 4 is 74.2 Å². The fourth-order valence-corrected chi connectivity index (χ4v) is 19.1. The first kappa shape index (κ1) is 61.1. The summed E-state index contributed by atoms with van der Waals surface area (Å²) in [6.07, 6.45) is -2.65. The number of halogens is 2. The van der Waals surface area contributed by atoms with E-state index in [1.807, 2.05) is 55.4 Å². The number of ether oxygens (including phenoxy) is 6. The molecule has 16 nitrogen and oxygen atoms in total. The molecule has 2 unspecified atom stereocenters. The van der Waals surface area contributed by atoms with E-state index in [0.29, 0.717) is 19.3 Å². The lowest BCUT2D eigenvalue weighted by Gasteiger charge is -2.68. The van der Waals surface area contributed by atoms with E-state index in [2.05, 4.69) is 90.2 Å². The van der Waals surface area contributed by atoms with Crippen molar-refractivity contribution in [2.24, 2.45) is 57.2 Å². The summed E-state index contributed by atoms with van der Waals surface area (Å²) in [6.45, 7) is 39.6. The standard InChI is InChI=1S/C28H42O8Si.C27H44O7Si.CCl2O/c1-14-11-19-27(13-32-19,34-17(4)29)21-23-28(35-24(31)33-23)12-18(36-37(8,9)10)15(2)20(25(28,5)6)16(3)22(30)26(14,21)7;1-14-11-19-26(13-32-19,33-17(4)28)21-23(30)27(31)12-18(34-35(8,9)10)15(2)20(24(27,5)6)16(3)22(29)25(14,21)7;2-1(3)4/h14,16,18-19,21,23H,11-13H2,1-10H3;14,16,18-19,21,23,30-31H,11-13H2,1-10H3;/t14-,16+,18-,19+,21?,23-,26+,27-,28+;14-,16+,18-,19+,21?,23-,25+,26-,27+;/m00./s1. The third-order valence-electron chi connectivity index (χ3n) is 20.4. The van der Waals surface area contributed by atoms with E-state index in [9.17, 15) is 34.2 Å². The zero-order valence-corrected chi connectivity index (χ0v) is 52.0. The molecule has 4 bridgehead atoms. The Morgan fingerprint density at radius 3 is 1.41 bits per heavy atom. The van der Waals surface area contributed by atoms with Gasteiger partial charge in [0.25, 0.3) is 0 Å². The fourth-order valence-electron chi connectivity index (χ4n) is 16.8. The van der Waals surface area contributed by atoms with E-state index in [0.717, 1.165) is 22.3 Å². The molecule has 3 heterocycles. The van der Waals surface area contributed by atoms with Crippen molar-refractivity contribution in [1.82, 2.24) is 0 Å². The molecule has 20 heteroatoms. The second-order valence-electron chi connectivity index (χ2n) is 27.3. The van der Waals surface area contributed by atoms with Gasteiger partial charge in [-0.3, -0.25) is 24.0 Å². The number of hydrogen-bond acceptors (Lipinski definition) is 16. The SMILES string of the molecule is CC(=O)O[C@@]12CO[C@@H]1C[C@H](C)[C@@]1(C)C(=O)[C@H](C)C3=C(C)[C@@H](O[Si](C)(C)C)C[C@@](O)([C@@H](O)C12)C3(C)C.CC(=O)O[C@@]12CO[C@@H]1C[C@H](C)[C@@]1(C)C(=O)[C@H](C)C3=C(C)[C@@H](O[Si](C)(C)C)C[C@]4(OC(=O)O[C@H]4C12)C3(C)C.O=C(Cl)Cl. The first-order chi connectivity index (χ1) is 34.5. The van der Waals surface area contributed by atoms with Crippen LogP contribution in [0.15, 0.2) is 22.3 Å². The van der Waals surface area contributed by atoms with Gasteiger partial charge in [-0.05, 0) is 123 Å². The van der Waals surface area contributed by atoms with Crippen LogP contribution in [0.3, 0.4) is 0 Å². The molecule has 0 amide bonds. The van der Waals surface area contributed by atoms with Crippen LogP contribution < -0.4 is 0 Å². The molecule has 3 aliphatic heterocycles. The van der Waals surface area contributed by atoms with Gasteiger partial charge >= 0.3 is 22.8 Å². The highest BCUT2D eigenvalue weighted by molar-refractivity contribution is 6.93. The van der Waals surface area contributed by atoms with Crippen LogP contribution in [0.2, 0.25) is 39.3 Å². The Kier molecular flexibility index (Phi) is 15.7. The number of aliphatic hydroxyl groups is 2. The minimum absolute atomic E-state index is 0.0176. The number of ketones is 2. The van der Waals surface area contributed by atoms with Crippen molar-refractivity contribution in [3.63, 3.8) is 0 Å². The lowest BCUT2D eigenvalue weighted by atomic mass is 9.42. The average Bonchev–Trinajstić information content (AvgIpc) is 3.59. The predicted molar refractivity (Wildman–Crippen MR) is 288 cm³/mol. The third kappa shape index (κ3) is 9.01. The number of carbonyl (C=O) groups excluding carboxylic acids is 6. The highest BCUT2D eigenvalue weighted by Gasteiger charge is 2.80. The normalized spacial score (nSPS) is 44.6. The zero-order chi connectivity index (χ0) is 57.6. The van der Waals surface area contributed by atoms with Gasteiger partial charge in [0.1, 0.15) is 29.4 Å². The van der Waals surface area contributed by atoms with Gasteiger partial charge in [0.05, 0.1) is 37.4 Å². The molecule has 6 aliphatic carbocycles. The smallest absolute Gasteiger partial charge is 0.454 e. The number of hydrogen-bond donors (Lipinski definition) is 2. The van der Waals surface area contributed by atoms with E-state index in [-0.39, 0.29) is 55.2 Å². The number of aliphatic hydroxyl groups excluding tert-OH is 1. The van der Waals surface area contributed by atoms with Crippen LogP contribution in [0.5, 0.6) is 0 Å². The molecule has 3 saturated heterocycles. The van der Waals surface area contributed by atoms with Gasteiger partial charge < -0.3 is 47.5 Å². The van der Waals surface area contributed by atoms with Gasteiger partial charge in [0, 0.05) is 66.1 Å². The summed E-state index contributed by atoms with van der Waals surface area (Å²) < 4.78 is 48.7. The van der Waals surface area contributed by atoms with Gasteiger partial charge in [-0.25, -0.2) is 4.79 Å². The van der Waals surface area contributed by atoms with E-state index in [1.54, 1.807) is 0 Å². The summed E-state index contributed by atoms with van der Waals surface area (Å²) in [7, 11) is -4.03. The van der Waals surface area contributed by atoms with Crippen LogP contribution in [0.25, 0.3) is 0 Å². The molecule has 9 aliphatic rings. The second kappa shape index (κ2) is 19.6. The average molecular weight is 1140 g/mol. The maximum absolute atomic E-state index is 14.7. The molecule has 9 rings (SSSR count). The second-order valence-corrected chi connectivity index (χ2v) is 37.1. The molecule has 76 heavy (non-hydrogen) atoms. The molecule has 0 radical (unpaired) electrons. The van der Waals surface area contributed by atoms with Crippen molar-refractivity contribution in [1.29, 1.82) is 0 Å². The minimum Gasteiger partial charge on any atom is -0.454 e. The summed E-state index contributed by atoms with van der Waals surface area (Å²) in [6, 6.07) is 0. The number of carbonyl (C=O) groups is 6. The maximum Gasteiger partial charge on any atom is 0.509 e. The molecule has 0 aromatic heterocycles. The summed E-state index contributed by atoms with van der Waals surface area (Å²) in [5.41, 5.74) is -4.65. The first-order valence-corrected chi connectivity index (χ1v) is 34.7. The Morgan fingerprint density at radius 1 is 0.645 bits per heavy atom. The molecule has 428 valence electrons. The maximum atomic E-state index is 14.7. The van der Waals surface area contributed by atoms with Crippen LogP contribution in [0, 0.1) is 57.2 Å². The van der Waals surface area contributed by atoms with Crippen LogP contribution in [0.4, 0.5) is 9.59 Å². The summed E-state index contributed by atoms with van der Waals surface area (Å²) in [4.78, 5) is 76.1. The third-order valence-corrected chi connectivity index (χ3v) is 22.3. The number of Topliss-reactive ketones (excluding diaryl/α,β-unsaturated/α-hetero) is 2. The summed E-state index contributed by atoms with van der Waals surface area (Å²) >= 11 is 8.80. The Bertz CT molecular complexity index is 2490. The number of esters is 2. The van der Waals surface area contributed by atoms with E-state index in [4.69, 9.17) is 42.1 Å². The van der Waals surface area contributed by atoms with Crippen molar-refractivity contribution in [2.45, 2.75) is 221 Å². The molecule has 18 atom stereocenters. The van der Waals surface area contributed by atoms with Crippen LogP contribution in [0.1, 0.15) is 123 Å². The monoisotopic (exact) mass is 1140 g/mol. The lowest BCUT2D eigenvalue weighted by Crippen LogP contribution is -2.80. The molecular formula is C56H86Cl2O16Si2. The highest BCUT2D eigenvalue weighted by atomic mass is 35.5. The number of rotatable bonds is 6. The van der Waals surface area contributed by atoms with Crippen molar-refractivity contribution in [3.05, 3.63) is 22.3 Å². The Labute approximate surface area is 461 Å². The molecule has 0 aromatic rings. The van der Waals surface area contributed by atoms with E-state index in [1.165, 1.54) is 13.8 Å². The molecule has 0 aromatic carbocycles. The minimum atomic E-state index is -2.02. The van der Waals surface area contributed by atoms with Gasteiger partial charge in [0.15, 0.2) is 39.5 Å². The topological polar surface area (TPSA) is 217 Å². The number of fused-ring (bicyclic) bond motifs is 10. The lowest BCUT2D eigenvalue weighted by molar-refractivity contribution is -0.340. The highest BCUT2D eigenvalue weighted by Crippen LogP contribution is 2.69. The van der Waals surface area contributed by atoms with Crippen molar-refractivity contribution in [3.8, 4) is 0 Å². The Hall–Kier alpha value is -2.53. The molecule has 7 fully saturated rings. The Morgan fingerprint density at radius 2 is 1.03 bits per heavy atom. The molecule has 2 N–H and O–H groups in total. The Balaban J connectivity index is 0.000000207. The fraction of sp³-hybridized carbons (Fsp3) is 0.821. The van der Waals surface area contributed by atoms with Crippen LogP contribution in [-0.2, 0) is 56.5 Å². The van der Waals surface area contributed by atoms with Crippen LogP contribution in [-0.4, -0.2) is 133 Å². The first-order valence-electron chi connectivity index (χ1n) is 27.1. The van der Waals surface area contributed by atoms with Crippen molar-refractivity contribution in [2.75, 3.05) is 13.2 Å². The molecule has 1 spiro atoms.